The third-order valence-electron chi connectivity index (χ3n) is 6.39. The molecule has 1 saturated carbocycles. The van der Waals surface area contributed by atoms with Crippen molar-refractivity contribution in [1.29, 1.82) is 0 Å². The van der Waals surface area contributed by atoms with E-state index >= 15 is 0 Å². The maximum absolute atomic E-state index is 12.5. The molecule has 0 N–H and O–H groups in total. The summed E-state index contributed by atoms with van der Waals surface area (Å²) in [6, 6.07) is 0. The molecule has 3 saturated heterocycles. The Morgan fingerprint density at radius 1 is 1.16 bits per heavy atom. The molecule has 8 unspecified atom stereocenters. The van der Waals surface area contributed by atoms with E-state index in [2.05, 4.69) is 0 Å². The molecule has 4 fully saturated rings. The standard InChI is InChI=1S/C22H32O9/c1-5-9-26-19(24)13-7-6-8-22(13)30-17-15-14(29-21(17)31-22)16(20(25)27-15)28-18(23)12(4)10-11(2)3/h11-17,21H,5-10H2,1-4H3. The molecule has 3 heterocycles. The Labute approximate surface area is 182 Å². The summed E-state index contributed by atoms with van der Waals surface area (Å²) >= 11 is 0. The lowest BCUT2D eigenvalue weighted by Gasteiger charge is -2.30. The van der Waals surface area contributed by atoms with Crippen LogP contribution in [0.1, 0.15) is 59.8 Å². The highest BCUT2D eigenvalue weighted by molar-refractivity contribution is 5.83. The van der Waals surface area contributed by atoms with Crippen LogP contribution in [0, 0.1) is 17.8 Å². The quantitative estimate of drug-likeness (QED) is 0.434. The third kappa shape index (κ3) is 4.07. The minimum atomic E-state index is -1.14. The van der Waals surface area contributed by atoms with Crippen molar-refractivity contribution in [3.05, 3.63) is 0 Å². The van der Waals surface area contributed by atoms with E-state index in [0.29, 0.717) is 31.8 Å². The predicted octanol–water partition coefficient (Wildman–Crippen LogP) is 2.10. The van der Waals surface area contributed by atoms with Crippen molar-refractivity contribution in [3.63, 3.8) is 0 Å². The van der Waals surface area contributed by atoms with Gasteiger partial charge in [-0.25, -0.2) is 4.79 Å². The second kappa shape index (κ2) is 8.67. The van der Waals surface area contributed by atoms with E-state index in [1.54, 1.807) is 6.92 Å². The number of carbonyl (C=O) groups excluding carboxylic acids is 3. The van der Waals surface area contributed by atoms with E-state index < -0.39 is 54.3 Å². The van der Waals surface area contributed by atoms with Crippen molar-refractivity contribution in [2.24, 2.45) is 17.8 Å². The van der Waals surface area contributed by atoms with E-state index in [-0.39, 0.29) is 11.9 Å². The Bertz CT molecular complexity index is 722. The first-order valence-corrected chi connectivity index (χ1v) is 11.3. The highest BCUT2D eigenvalue weighted by Gasteiger charge is 2.68. The number of hydrogen-bond donors (Lipinski definition) is 0. The van der Waals surface area contributed by atoms with Crippen LogP contribution in [-0.4, -0.2) is 61.0 Å². The Balaban J connectivity index is 1.41. The Morgan fingerprint density at radius 2 is 1.94 bits per heavy atom. The molecule has 0 aromatic heterocycles. The average molecular weight is 440 g/mol. The monoisotopic (exact) mass is 440 g/mol. The van der Waals surface area contributed by atoms with Crippen molar-refractivity contribution in [2.75, 3.05) is 6.61 Å². The Kier molecular flexibility index (Phi) is 6.29. The zero-order valence-corrected chi connectivity index (χ0v) is 18.5. The molecule has 0 amide bonds. The van der Waals surface area contributed by atoms with Gasteiger partial charge in [0, 0.05) is 6.42 Å². The van der Waals surface area contributed by atoms with Crippen LogP contribution in [0.25, 0.3) is 0 Å². The fraction of sp³-hybridized carbons (Fsp3) is 0.864. The topological polar surface area (TPSA) is 107 Å². The van der Waals surface area contributed by atoms with Gasteiger partial charge in [-0.1, -0.05) is 27.7 Å². The molecular weight excluding hydrogens is 408 g/mol. The van der Waals surface area contributed by atoms with Gasteiger partial charge >= 0.3 is 17.9 Å². The van der Waals surface area contributed by atoms with Crippen LogP contribution in [0.5, 0.6) is 0 Å². The maximum Gasteiger partial charge on any atom is 0.350 e. The van der Waals surface area contributed by atoms with Gasteiger partial charge in [-0.15, -0.1) is 0 Å². The van der Waals surface area contributed by atoms with E-state index in [9.17, 15) is 14.4 Å². The van der Waals surface area contributed by atoms with Gasteiger partial charge in [0.2, 0.25) is 6.10 Å². The Hall–Kier alpha value is -1.71. The molecule has 1 spiro atoms. The lowest BCUT2D eigenvalue weighted by Crippen LogP contribution is -2.44. The maximum atomic E-state index is 12.5. The van der Waals surface area contributed by atoms with E-state index in [1.807, 2.05) is 20.8 Å². The van der Waals surface area contributed by atoms with Gasteiger partial charge < -0.3 is 28.4 Å². The molecule has 3 aliphatic heterocycles. The molecule has 31 heavy (non-hydrogen) atoms. The van der Waals surface area contributed by atoms with Gasteiger partial charge in [0.15, 0.2) is 24.3 Å². The van der Waals surface area contributed by atoms with Gasteiger partial charge in [0.05, 0.1) is 12.5 Å². The molecule has 9 nitrogen and oxygen atoms in total. The summed E-state index contributed by atoms with van der Waals surface area (Å²) in [6.45, 7) is 8.09. The molecule has 8 atom stereocenters. The summed E-state index contributed by atoms with van der Waals surface area (Å²) in [6.07, 6.45) is -0.868. The van der Waals surface area contributed by atoms with Crippen molar-refractivity contribution in [1.82, 2.24) is 0 Å². The van der Waals surface area contributed by atoms with Crippen molar-refractivity contribution in [3.8, 4) is 0 Å². The molecule has 9 heteroatoms. The zero-order valence-electron chi connectivity index (χ0n) is 18.5. The van der Waals surface area contributed by atoms with Crippen molar-refractivity contribution in [2.45, 2.75) is 96.3 Å². The number of carbonyl (C=O) groups is 3. The minimum Gasteiger partial charge on any atom is -0.465 e. The molecule has 0 aromatic carbocycles. The van der Waals surface area contributed by atoms with E-state index in [1.165, 1.54) is 0 Å². The van der Waals surface area contributed by atoms with Gasteiger partial charge in [-0.2, -0.15) is 0 Å². The summed E-state index contributed by atoms with van der Waals surface area (Å²) in [5.41, 5.74) is 0. The first kappa shape index (κ1) is 22.5. The predicted molar refractivity (Wildman–Crippen MR) is 104 cm³/mol. The van der Waals surface area contributed by atoms with Crippen LogP contribution in [-0.2, 0) is 42.8 Å². The SMILES string of the molecule is CCCOC(=O)C1CCCC12OC1OC3C(OC(=O)C(C)CC(C)C)C(=O)OC3C1O2. The van der Waals surface area contributed by atoms with Gasteiger partial charge in [0.1, 0.15) is 12.0 Å². The number of ether oxygens (including phenoxy) is 6. The molecule has 174 valence electrons. The Morgan fingerprint density at radius 3 is 2.65 bits per heavy atom. The molecule has 0 bridgehead atoms. The van der Waals surface area contributed by atoms with Crippen molar-refractivity contribution < 1.29 is 42.8 Å². The van der Waals surface area contributed by atoms with Crippen LogP contribution < -0.4 is 0 Å². The average Bonchev–Trinajstić information content (AvgIpc) is 3.43. The molecule has 4 aliphatic rings. The van der Waals surface area contributed by atoms with Crippen LogP contribution in [0.2, 0.25) is 0 Å². The molecule has 1 aliphatic carbocycles. The first-order chi connectivity index (χ1) is 14.8. The number of rotatable bonds is 7. The smallest absolute Gasteiger partial charge is 0.350 e. The summed E-state index contributed by atoms with van der Waals surface area (Å²) < 4.78 is 34.5. The summed E-state index contributed by atoms with van der Waals surface area (Å²) in [5.74, 6) is -3.12. The molecular formula is C22H32O9. The van der Waals surface area contributed by atoms with Gasteiger partial charge in [-0.05, 0) is 31.6 Å². The van der Waals surface area contributed by atoms with Crippen LogP contribution in [0.3, 0.4) is 0 Å². The lowest BCUT2D eigenvalue weighted by molar-refractivity contribution is -0.251. The second-order valence-electron chi connectivity index (χ2n) is 9.38. The third-order valence-corrected chi connectivity index (χ3v) is 6.39. The van der Waals surface area contributed by atoms with Gasteiger partial charge in [-0.3, -0.25) is 9.59 Å². The normalized spacial score (nSPS) is 39.5. The molecule has 4 rings (SSSR count). The highest BCUT2D eigenvalue weighted by atomic mass is 16.9. The summed E-state index contributed by atoms with van der Waals surface area (Å²) in [5, 5.41) is 0. The second-order valence-corrected chi connectivity index (χ2v) is 9.38. The fourth-order valence-electron chi connectivity index (χ4n) is 5.03. The first-order valence-electron chi connectivity index (χ1n) is 11.3. The van der Waals surface area contributed by atoms with Crippen molar-refractivity contribution >= 4 is 17.9 Å². The zero-order chi connectivity index (χ0) is 22.3. The summed E-state index contributed by atoms with van der Waals surface area (Å²) in [7, 11) is 0. The highest BCUT2D eigenvalue weighted by Crippen LogP contribution is 2.51. The number of hydrogen-bond acceptors (Lipinski definition) is 9. The fourth-order valence-corrected chi connectivity index (χ4v) is 5.03. The van der Waals surface area contributed by atoms with E-state index in [4.69, 9.17) is 28.4 Å². The van der Waals surface area contributed by atoms with Crippen LogP contribution >= 0.6 is 0 Å². The number of esters is 3. The minimum absolute atomic E-state index is 0.328. The molecule has 0 aromatic rings. The van der Waals surface area contributed by atoms with E-state index in [0.717, 1.165) is 12.8 Å². The van der Waals surface area contributed by atoms with Crippen LogP contribution in [0.4, 0.5) is 0 Å². The van der Waals surface area contributed by atoms with Crippen LogP contribution in [0.15, 0.2) is 0 Å². The summed E-state index contributed by atoms with van der Waals surface area (Å²) in [4.78, 5) is 37.3. The largest absolute Gasteiger partial charge is 0.465 e. The lowest BCUT2D eigenvalue weighted by atomic mass is 9.99. The van der Waals surface area contributed by atoms with Gasteiger partial charge in [0.25, 0.3) is 0 Å². The molecule has 0 radical (unpaired) electrons. The number of fused-ring (bicyclic) bond motifs is 3.